The van der Waals surface area contributed by atoms with Gasteiger partial charge < -0.3 is 25.3 Å². The Hall–Kier alpha value is -0.730. The summed E-state index contributed by atoms with van der Waals surface area (Å²) in [5.41, 5.74) is 0. The van der Waals surface area contributed by atoms with E-state index in [-0.39, 0.29) is 12.5 Å². The van der Waals surface area contributed by atoms with Crippen molar-refractivity contribution in [2.45, 2.75) is 33.1 Å². The highest BCUT2D eigenvalue weighted by molar-refractivity contribution is 5.78. The monoisotopic (exact) mass is 372 g/mol. The fourth-order valence-corrected chi connectivity index (χ4v) is 3.20. The molecular formula is C19H40N4O3. The first-order chi connectivity index (χ1) is 12.6. The molecule has 0 radical (unpaired) electrons. The van der Waals surface area contributed by atoms with E-state index in [1.807, 2.05) is 11.8 Å². The standard InChI is InChI=1S/C12H24N2O2.C7H16N2O/c1-3-11(2)12(16)14-8-6-13(7-9-14)5-4-10-15;10-7-1-4-9-5-2-8-3-6-9/h11,15H,3-10H2,1-2H3;8,10H,1-7H2/t11-;/m1./s1. The Bertz CT molecular complexity index is 357. The summed E-state index contributed by atoms with van der Waals surface area (Å²) < 4.78 is 0. The fourth-order valence-electron chi connectivity index (χ4n) is 3.20. The number of hydrogen-bond donors (Lipinski definition) is 3. The van der Waals surface area contributed by atoms with Gasteiger partial charge in [0.15, 0.2) is 0 Å². The van der Waals surface area contributed by atoms with E-state index in [0.29, 0.717) is 12.5 Å². The van der Waals surface area contributed by atoms with Crippen LogP contribution < -0.4 is 5.32 Å². The second-order valence-electron chi connectivity index (χ2n) is 7.22. The highest BCUT2D eigenvalue weighted by Crippen LogP contribution is 2.10. The summed E-state index contributed by atoms with van der Waals surface area (Å²) >= 11 is 0. The van der Waals surface area contributed by atoms with Crippen LogP contribution in [0, 0.1) is 5.92 Å². The Kier molecular flexibility index (Phi) is 12.9. The highest BCUT2D eigenvalue weighted by atomic mass is 16.3. The Morgan fingerprint density at radius 1 is 0.923 bits per heavy atom. The smallest absolute Gasteiger partial charge is 0.225 e. The normalized spacial score (nSPS) is 20.4. The molecule has 0 unspecified atom stereocenters. The molecule has 154 valence electrons. The van der Waals surface area contributed by atoms with E-state index in [1.165, 1.54) is 0 Å². The lowest BCUT2D eigenvalue weighted by Crippen LogP contribution is -2.50. The Balaban J connectivity index is 0.000000289. The topological polar surface area (TPSA) is 79.3 Å². The third-order valence-electron chi connectivity index (χ3n) is 5.19. The zero-order valence-corrected chi connectivity index (χ0v) is 16.8. The third kappa shape index (κ3) is 9.28. The predicted molar refractivity (Wildman–Crippen MR) is 105 cm³/mol. The zero-order valence-electron chi connectivity index (χ0n) is 16.8. The molecule has 0 spiro atoms. The average molecular weight is 373 g/mol. The number of carbonyl (C=O) groups excluding carboxylic acids is 1. The van der Waals surface area contributed by atoms with Crippen molar-refractivity contribution in [3.8, 4) is 0 Å². The molecule has 0 bridgehead atoms. The van der Waals surface area contributed by atoms with E-state index in [9.17, 15) is 4.79 Å². The zero-order chi connectivity index (χ0) is 19.2. The van der Waals surface area contributed by atoms with E-state index >= 15 is 0 Å². The van der Waals surface area contributed by atoms with Crippen LogP contribution in [0.4, 0.5) is 0 Å². The molecule has 2 saturated heterocycles. The Morgan fingerprint density at radius 2 is 1.42 bits per heavy atom. The van der Waals surface area contributed by atoms with Crippen LogP contribution in [0.2, 0.25) is 0 Å². The van der Waals surface area contributed by atoms with Gasteiger partial charge in [-0.3, -0.25) is 9.69 Å². The minimum atomic E-state index is 0.156. The van der Waals surface area contributed by atoms with Crippen LogP contribution in [0.25, 0.3) is 0 Å². The summed E-state index contributed by atoms with van der Waals surface area (Å²) in [7, 11) is 0. The lowest BCUT2D eigenvalue weighted by atomic mass is 10.1. The molecule has 7 nitrogen and oxygen atoms in total. The molecule has 0 aromatic rings. The molecule has 3 N–H and O–H groups in total. The van der Waals surface area contributed by atoms with Crippen LogP contribution in [0.5, 0.6) is 0 Å². The van der Waals surface area contributed by atoms with Gasteiger partial charge in [-0.1, -0.05) is 13.8 Å². The minimum absolute atomic E-state index is 0.156. The van der Waals surface area contributed by atoms with Gasteiger partial charge in [-0.05, 0) is 19.3 Å². The molecular weight excluding hydrogens is 332 g/mol. The molecule has 26 heavy (non-hydrogen) atoms. The number of carbonyl (C=O) groups is 1. The maximum Gasteiger partial charge on any atom is 0.225 e. The van der Waals surface area contributed by atoms with Crippen molar-refractivity contribution in [1.82, 2.24) is 20.0 Å². The molecule has 2 rings (SSSR count). The van der Waals surface area contributed by atoms with Gasteiger partial charge in [-0.25, -0.2) is 0 Å². The molecule has 0 aliphatic carbocycles. The summed E-state index contributed by atoms with van der Waals surface area (Å²) in [6.45, 7) is 14.7. The van der Waals surface area contributed by atoms with Crippen LogP contribution in [0.3, 0.4) is 0 Å². The third-order valence-corrected chi connectivity index (χ3v) is 5.19. The van der Waals surface area contributed by atoms with Crippen molar-refractivity contribution in [1.29, 1.82) is 0 Å². The summed E-state index contributed by atoms with van der Waals surface area (Å²) in [5.74, 6) is 0.452. The van der Waals surface area contributed by atoms with Crippen LogP contribution in [0.15, 0.2) is 0 Å². The van der Waals surface area contributed by atoms with Crippen molar-refractivity contribution >= 4 is 5.91 Å². The summed E-state index contributed by atoms with van der Waals surface area (Å²) in [6.07, 6.45) is 2.67. The summed E-state index contributed by atoms with van der Waals surface area (Å²) in [6, 6.07) is 0. The number of amides is 1. The van der Waals surface area contributed by atoms with Crippen LogP contribution in [-0.4, -0.2) is 109 Å². The number of hydrogen-bond acceptors (Lipinski definition) is 6. The highest BCUT2D eigenvalue weighted by Gasteiger charge is 2.23. The van der Waals surface area contributed by atoms with E-state index < -0.39 is 0 Å². The van der Waals surface area contributed by atoms with Gasteiger partial charge in [0.1, 0.15) is 0 Å². The van der Waals surface area contributed by atoms with E-state index in [0.717, 1.165) is 84.7 Å². The molecule has 0 aromatic heterocycles. The summed E-state index contributed by atoms with van der Waals surface area (Å²) in [4.78, 5) is 18.6. The first kappa shape index (κ1) is 23.3. The van der Waals surface area contributed by atoms with Gasteiger partial charge in [-0.15, -0.1) is 0 Å². The van der Waals surface area contributed by atoms with Gasteiger partial charge in [0.2, 0.25) is 5.91 Å². The fraction of sp³-hybridized carbons (Fsp3) is 0.947. The Labute approximate surface area is 159 Å². The summed E-state index contributed by atoms with van der Waals surface area (Å²) in [5, 5.41) is 20.6. The second-order valence-corrected chi connectivity index (χ2v) is 7.22. The van der Waals surface area contributed by atoms with Gasteiger partial charge in [0.25, 0.3) is 0 Å². The maximum atomic E-state index is 11.9. The van der Waals surface area contributed by atoms with Gasteiger partial charge >= 0.3 is 0 Å². The number of rotatable bonds is 8. The molecule has 2 fully saturated rings. The first-order valence-corrected chi connectivity index (χ1v) is 10.3. The number of nitrogens with one attached hydrogen (secondary N) is 1. The van der Waals surface area contributed by atoms with Crippen molar-refractivity contribution in [3.63, 3.8) is 0 Å². The molecule has 2 aliphatic heterocycles. The molecule has 1 amide bonds. The number of aliphatic hydroxyl groups is 2. The number of piperazine rings is 2. The largest absolute Gasteiger partial charge is 0.396 e. The maximum absolute atomic E-state index is 11.9. The average Bonchev–Trinajstić information content (AvgIpc) is 2.71. The molecule has 2 aliphatic rings. The second kappa shape index (κ2) is 14.3. The van der Waals surface area contributed by atoms with Crippen molar-refractivity contribution in [3.05, 3.63) is 0 Å². The SMILES string of the molecule is CC[C@@H](C)C(=O)N1CCN(CCCO)CC1.OCCCN1CCNCC1. The lowest BCUT2D eigenvalue weighted by Gasteiger charge is -2.35. The van der Waals surface area contributed by atoms with Crippen molar-refractivity contribution < 1.29 is 15.0 Å². The van der Waals surface area contributed by atoms with E-state index in [1.54, 1.807) is 0 Å². The van der Waals surface area contributed by atoms with Crippen LogP contribution in [-0.2, 0) is 4.79 Å². The number of nitrogens with zero attached hydrogens (tertiary/aromatic N) is 3. The minimum Gasteiger partial charge on any atom is -0.396 e. The van der Waals surface area contributed by atoms with Gasteiger partial charge in [0, 0.05) is 84.6 Å². The van der Waals surface area contributed by atoms with Crippen molar-refractivity contribution in [2.75, 3.05) is 78.7 Å². The van der Waals surface area contributed by atoms with Crippen LogP contribution >= 0.6 is 0 Å². The van der Waals surface area contributed by atoms with E-state index in [2.05, 4.69) is 22.0 Å². The van der Waals surface area contributed by atoms with E-state index in [4.69, 9.17) is 10.2 Å². The van der Waals surface area contributed by atoms with Crippen LogP contribution in [0.1, 0.15) is 33.1 Å². The molecule has 0 aromatic carbocycles. The molecule has 7 heteroatoms. The first-order valence-electron chi connectivity index (χ1n) is 10.3. The quantitative estimate of drug-likeness (QED) is 0.549. The molecule has 1 atom stereocenters. The van der Waals surface area contributed by atoms with Gasteiger partial charge in [-0.2, -0.15) is 0 Å². The lowest BCUT2D eigenvalue weighted by molar-refractivity contribution is -0.136. The molecule has 0 saturated carbocycles. The number of aliphatic hydroxyl groups excluding tert-OH is 2. The predicted octanol–water partition coefficient (Wildman–Crippen LogP) is -0.167. The van der Waals surface area contributed by atoms with Crippen molar-refractivity contribution in [2.24, 2.45) is 5.92 Å². The van der Waals surface area contributed by atoms with Gasteiger partial charge in [0.05, 0.1) is 0 Å². The Morgan fingerprint density at radius 3 is 1.88 bits per heavy atom. The molecule has 2 heterocycles.